The highest BCUT2D eigenvalue weighted by molar-refractivity contribution is 5.76. The van der Waals surface area contributed by atoms with Gasteiger partial charge in [0, 0.05) is 12.8 Å². The lowest BCUT2D eigenvalue weighted by Crippen LogP contribution is -2.39. The van der Waals surface area contributed by atoms with Crippen molar-refractivity contribution in [1.29, 1.82) is 0 Å². The van der Waals surface area contributed by atoms with E-state index < -0.39 is 0 Å². The zero-order valence-corrected chi connectivity index (χ0v) is 14.1. The van der Waals surface area contributed by atoms with E-state index >= 15 is 0 Å². The molecule has 1 unspecified atom stereocenters. The molecule has 0 aliphatic rings. The molecule has 0 bridgehead atoms. The number of carbonyl (C=O) groups excluding carboxylic acids is 2. The molecule has 0 aromatic carbocycles. The van der Waals surface area contributed by atoms with Gasteiger partial charge >= 0.3 is 5.97 Å². The molecule has 0 radical (unpaired) electrons. The summed E-state index contributed by atoms with van der Waals surface area (Å²) in [6.45, 7) is 11.7. The van der Waals surface area contributed by atoms with E-state index in [-0.39, 0.29) is 24.5 Å². The highest BCUT2D eigenvalue weighted by Crippen LogP contribution is 2.07. The highest BCUT2D eigenvalue weighted by atomic mass is 16.5. The van der Waals surface area contributed by atoms with E-state index in [2.05, 4.69) is 32.3 Å². The van der Waals surface area contributed by atoms with Crippen molar-refractivity contribution in [3.8, 4) is 0 Å². The quantitative estimate of drug-likeness (QED) is 0.320. The van der Waals surface area contributed by atoms with Gasteiger partial charge in [0.15, 0.2) is 0 Å². The normalized spacial score (nSPS) is 11.8. The van der Waals surface area contributed by atoms with Gasteiger partial charge < -0.3 is 10.1 Å². The number of allylic oxidation sites excluding steroid dienone is 2. The third-order valence-electron chi connectivity index (χ3n) is 3.17. The molecule has 0 heterocycles. The number of unbranched alkanes of at least 4 members (excludes halogenated alkanes) is 2. The molecule has 0 aromatic rings. The van der Waals surface area contributed by atoms with Crippen LogP contribution < -0.4 is 5.32 Å². The summed E-state index contributed by atoms with van der Waals surface area (Å²) in [5.74, 6) is 0.227. The summed E-state index contributed by atoms with van der Waals surface area (Å²) in [7, 11) is 0. The van der Waals surface area contributed by atoms with Crippen LogP contribution in [0.4, 0.5) is 0 Å². The van der Waals surface area contributed by atoms with Gasteiger partial charge in [-0.1, -0.05) is 26.0 Å². The van der Waals surface area contributed by atoms with Gasteiger partial charge in [0.25, 0.3) is 0 Å². The number of hydrogen-bond donors (Lipinski definition) is 1. The second-order valence-corrected chi connectivity index (χ2v) is 5.94. The van der Waals surface area contributed by atoms with Gasteiger partial charge in [0.05, 0.1) is 6.04 Å². The predicted octanol–water partition coefficient (Wildman–Crippen LogP) is 3.77. The number of amides is 1. The standard InChI is InChI=1S/C18H31NO3/c1-5-7-9-11-17(20)19-16(13-15(3)4)14-22-18(21)12-10-8-6-2/h5-6,15-16H,1-2,7-14H2,3-4H3,(H,19,20). The molecule has 0 aliphatic carbocycles. The van der Waals surface area contributed by atoms with Crippen molar-refractivity contribution >= 4 is 11.9 Å². The molecule has 0 fully saturated rings. The third-order valence-corrected chi connectivity index (χ3v) is 3.17. The minimum atomic E-state index is -0.212. The Labute approximate surface area is 135 Å². The number of hydrogen-bond acceptors (Lipinski definition) is 3. The molecule has 22 heavy (non-hydrogen) atoms. The van der Waals surface area contributed by atoms with Crippen LogP contribution in [-0.4, -0.2) is 24.5 Å². The van der Waals surface area contributed by atoms with Crippen molar-refractivity contribution in [2.75, 3.05) is 6.61 Å². The zero-order valence-electron chi connectivity index (χ0n) is 14.1. The summed E-state index contributed by atoms with van der Waals surface area (Å²) >= 11 is 0. The van der Waals surface area contributed by atoms with E-state index in [4.69, 9.17) is 4.74 Å². The minimum absolute atomic E-state index is 0.00945. The molecule has 0 aromatic heterocycles. The van der Waals surface area contributed by atoms with Crippen LogP contribution in [0, 0.1) is 5.92 Å². The average Bonchev–Trinajstić information content (AvgIpc) is 2.45. The number of carbonyl (C=O) groups is 2. The van der Waals surface area contributed by atoms with Crippen LogP contribution >= 0.6 is 0 Å². The first kappa shape index (κ1) is 20.4. The second-order valence-electron chi connectivity index (χ2n) is 5.94. The van der Waals surface area contributed by atoms with Crippen molar-refractivity contribution in [1.82, 2.24) is 5.32 Å². The molecular formula is C18H31NO3. The van der Waals surface area contributed by atoms with E-state index in [1.807, 2.05) is 6.08 Å². The summed E-state index contributed by atoms with van der Waals surface area (Å²) in [5, 5.41) is 2.96. The topological polar surface area (TPSA) is 55.4 Å². The van der Waals surface area contributed by atoms with Gasteiger partial charge in [-0.25, -0.2) is 0 Å². The smallest absolute Gasteiger partial charge is 0.305 e. The van der Waals surface area contributed by atoms with Gasteiger partial charge in [0.1, 0.15) is 6.61 Å². The molecule has 1 atom stereocenters. The van der Waals surface area contributed by atoms with Crippen molar-refractivity contribution in [2.24, 2.45) is 5.92 Å². The summed E-state index contributed by atoms with van der Waals surface area (Å²) in [6.07, 6.45) is 8.47. The van der Waals surface area contributed by atoms with Gasteiger partial charge in [-0.05, 0) is 38.0 Å². The lowest BCUT2D eigenvalue weighted by molar-refractivity contribution is -0.145. The maximum absolute atomic E-state index is 11.9. The average molecular weight is 309 g/mol. The summed E-state index contributed by atoms with van der Waals surface area (Å²) in [4.78, 5) is 23.5. The Morgan fingerprint density at radius 3 is 2.23 bits per heavy atom. The van der Waals surface area contributed by atoms with Crippen molar-refractivity contribution in [3.05, 3.63) is 25.3 Å². The Kier molecular flexibility index (Phi) is 12.2. The van der Waals surface area contributed by atoms with Crippen molar-refractivity contribution in [2.45, 2.75) is 64.8 Å². The Morgan fingerprint density at radius 1 is 1.09 bits per heavy atom. The van der Waals surface area contributed by atoms with E-state index in [1.165, 1.54) is 0 Å². The van der Waals surface area contributed by atoms with Crippen LogP contribution in [0.5, 0.6) is 0 Å². The summed E-state index contributed by atoms with van der Waals surface area (Å²) < 4.78 is 5.27. The third kappa shape index (κ3) is 12.2. The first-order valence-electron chi connectivity index (χ1n) is 8.16. The fourth-order valence-electron chi connectivity index (χ4n) is 2.10. The first-order valence-corrected chi connectivity index (χ1v) is 8.16. The molecule has 1 N–H and O–H groups in total. The lowest BCUT2D eigenvalue weighted by Gasteiger charge is -2.20. The molecular weight excluding hydrogens is 278 g/mol. The molecule has 0 spiro atoms. The number of esters is 1. The van der Waals surface area contributed by atoms with Crippen LogP contribution in [-0.2, 0) is 14.3 Å². The summed E-state index contributed by atoms with van der Waals surface area (Å²) in [6, 6.07) is -0.111. The molecule has 4 nitrogen and oxygen atoms in total. The molecule has 126 valence electrons. The van der Waals surface area contributed by atoms with Crippen LogP contribution in [0.25, 0.3) is 0 Å². The van der Waals surface area contributed by atoms with Gasteiger partial charge in [-0.15, -0.1) is 13.2 Å². The van der Waals surface area contributed by atoms with Gasteiger partial charge in [-0.2, -0.15) is 0 Å². The largest absolute Gasteiger partial charge is 0.463 e. The maximum Gasteiger partial charge on any atom is 0.305 e. The number of rotatable bonds is 13. The highest BCUT2D eigenvalue weighted by Gasteiger charge is 2.16. The lowest BCUT2D eigenvalue weighted by atomic mass is 10.0. The Morgan fingerprint density at radius 2 is 1.68 bits per heavy atom. The summed E-state index contributed by atoms with van der Waals surface area (Å²) in [5.41, 5.74) is 0. The van der Waals surface area contributed by atoms with E-state index in [0.29, 0.717) is 18.8 Å². The second kappa shape index (κ2) is 13.1. The van der Waals surface area contributed by atoms with E-state index in [1.54, 1.807) is 6.08 Å². The van der Waals surface area contributed by atoms with Crippen LogP contribution in [0.2, 0.25) is 0 Å². The molecule has 4 heteroatoms. The van der Waals surface area contributed by atoms with Crippen LogP contribution in [0.3, 0.4) is 0 Å². The SMILES string of the molecule is C=CCCCC(=O)NC(COC(=O)CCCC=C)CC(C)C. The minimum Gasteiger partial charge on any atom is -0.463 e. The fourth-order valence-corrected chi connectivity index (χ4v) is 2.10. The predicted molar refractivity (Wildman–Crippen MR) is 90.4 cm³/mol. The van der Waals surface area contributed by atoms with E-state index in [9.17, 15) is 9.59 Å². The number of nitrogens with one attached hydrogen (secondary N) is 1. The first-order chi connectivity index (χ1) is 10.5. The Hall–Kier alpha value is -1.58. The van der Waals surface area contributed by atoms with E-state index in [0.717, 1.165) is 32.1 Å². The van der Waals surface area contributed by atoms with Crippen LogP contribution in [0.15, 0.2) is 25.3 Å². The van der Waals surface area contributed by atoms with Gasteiger partial charge in [0.2, 0.25) is 5.91 Å². The Balaban J connectivity index is 4.15. The fraction of sp³-hybridized carbons (Fsp3) is 0.667. The molecule has 0 rings (SSSR count). The maximum atomic E-state index is 11.9. The van der Waals surface area contributed by atoms with Crippen LogP contribution in [0.1, 0.15) is 58.8 Å². The van der Waals surface area contributed by atoms with Crippen molar-refractivity contribution in [3.63, 3.8) is 0 Å². The zero-order chi connectivity index (χ0) is 16.8. The molecule has 0 saturated carbocycles. The van der Waals surface area contributed by atoms with Crippen molar-refractivity contribution < 1.29 is 14.3 Å². The van der Waals surface area contributed by atoms with Gasteiger partial charge in [-0.3, -0.25) is 9.59 Å². The molecule has 0 aliphatic heterocycles. The molecule has 1 amide bonds. The number of ether oxygens (including phenoxy) is 1. The Bertz CT molecular complexity index is 350. The monoisotopic (exact) mass is 309 g/mol. The molecule has 0 saturated heterocycles.